The highest BCUT2D eigenvalue weighted by Gasteiger charge is 1.98. The van der Waals surface area contributed by atoms with Crippen molar-refractivity contribution in [3.8, 4) is 11.4 Å². The summed E-state index contributed by atoms with van der Waals surface area (Å²) in [6.45, 7) is 0.566. The number of aromatic nitrogens is 3. The van der Waals surface area contributed by atoms with Crippen LogP contribution in [0.1, 0.15) is 5.56 Å². The molecule has 13 heavy (non-hydrogen) atoms. The van der Waals surface area contributed by atoms with Crippen molar-refractivity contribution in [3.05, 3.63) is 36.2 Å². The van der Waals surface area contributed by atoms with E-state index in [0.717, 1.165) is 17.0 Å². The molecule has 2 rings (SSSR count). The van der Waals surface area contributed by atoms with Crippen LogP contribution in [0.4, 0.5) is 0 Å². The zero-order chi connectivity index (χ0) is 9.10. The fraction of sp³-hybridized carbons (Fsp3) is 0.111. The number of nitrogens with one attached hydrogen (secondary N) is 1. The van der Waals surface area contributed by atoms with Crippen molar-refractivity contribution in [3.63, 3.8) is 0 Å². The molecule has 4 heteroatoms. The van der Waals surface area contributed by atoms with E-state index in [4.69, 9.17) is 5.73 Å². The minimum absolute atomic E-state index is 0.566. The molecule has 0 amide bonds. The van der Waals surface area contributed by atoms with Gasteiger partial charge in [0.2, 0.25) is 0 Å². The summed E-state index contributed by atoms with van der Waals surface area (Å²) in [5.41, 5.74) is 7.62. The standard InChI is InChI=1S/C9H10N4/c10-5-7-1-3-8(4-2-7)9-11-6-12-13-9/h1-4,6H,5,10H2,(H,11,12,13). The first kappa shape index (κ1) is 7.94. The van der Waals surface area contributed by atoms with Gasteiger partial charge in [-0.15, -0.1) is 0 Å². The Hall–Kier alpha value is -1.68. The van der Waals surface area contributed by atoms with Crippen LogP contribution in [0.25, 0.3) is 11.4 Å². The third-order valence-corrected chi connectivity index (χ3v) is 1.88. The SMILES string of the molecule is NCc1ccc(-c2ncn[nH]2)cc1. The lowest BCUT2D eigenvalue weighted by Gasteiger charge is -1.98. The second-order valence-electron chi connectivity index (χ2n) is 2.74. The van der Waals surface area contributed by atoms with Gasteiger partial charge < -0.3 is 5.73 Å². The predicted octanol–water partition coefficient (Wildman–Crippen LogP) is 0.930. The van der Waals surface area contributed by atoms with Crippen molar-refractivity contribution in [2.45, 2.75) is 6.54 Å². The number of hydrogen-bond donors (Lipinski definition) is 2. The Balaban J connectivity index is 2.33. The van der Waals surface area contributed by atoms with Gasteiger partial charge in [0.25, 0.3) is 0 Å². The van der Waals surface area contributed by atoms with Crippen molar-refractivity contribution in [2.75, 3.05) is 0 Å². The Labute approximate surface area is 75.8 Å². The molecule has 0 unspecified atom stereocenters. The highest BCUT2D eigenvalue weighted by molar-refractivity contribution is 5.54. The summed E-state index contributed by atoms with van der Waals surface area (Å²) in [6, 6.07) is 7.92. The lowest BCUT2D eigenvalue weighted by molar-refractivity contribution is 1.07. The number of benzene rings is 1. The maximum atomic E-state index is 5.48. The molecule has 0 aliphatic carbocycles. The van der Waals surface area contributed by atoms with Gasteiger partial charge in [-0.05, 0) is 5.56 Å². The number of nitrogens with two attached hydrogens (primary N) is 1. The van der Waals surface area contributed by atoms with E-state index in [-0.39, 0.29) is 0 Å². The normalized spacial score (nSPS) is 10.2. The first-order valence-electron chi connectivity index (χ1n) is 4.05. The second-order valence-corrected chi connectivity index (χ2v) is 2.74. The van der Waals surface area contributed by atoms with Crippen LogP contribution in [0.5, 0.6) is 0 Å². The Morgan fingerprint density at radius 3 is 2.54 bits per heavy atom. The van der Waals surface area contributed by atoms with Gasteiger partial charge in [0, 0.05) is 12.1 Å². The molecule has 0 spiro atoms. The topological polar surface area (TPSA) is 67.6 Å². The molecule has 0 saturated heterocycles. The van der Waals surface area contributed by atoms with Gasteiger partial charge in [-0.3, -0.25) is 5.10 Å². The monoisotopic (exact) mass is 174 g/mol. The molecular weight excluding hydrogens is 164 g/mol. The van der Waals surface area contributed by atoms with Crippen molar-refractivity contribution in [1.82, 2.24) is 15.2 Å². The lowest BCUT2D eigenvalue weighted by Crippen LogP contribution is -1.95. The van der Waals surface area contributed by atoms with E-state index < -0.39 is 0 Å². The van der Waals surface area contributed by atoms with E-state index in [2.05, 4.69) is 15.2 Å². The predicted molar refractivity (Wildman–Crippen MR) is 49.7 cm³/mol. The van der Waals surface area contributed by atoms with Crippen LogP contribution in [0.2, 0.25) is 0 Å². The van der Waals surface area contributed by atoms with Crippen molar-refractivity contribution in [1.29, 1.82) is 0 Å². The average molecular weight is 174 g/mol. The van der Waals surface area contributed by atoms with Gasteiger partial charge in [0.15, 0.2) is 5.82 Å². The maximum Gasteiger partial charge on any atom is 0.155 e. The Bertz CT molecular complexity index is 363. The van der Waals surface area contributed by atoms with E-state index in [1.807, 2.05) is 24.3 Å². The van der Waals surface area contributed by atoms with E-state index >= 15 is 0 Å². The molecule has 0 bridgehead atoms. The van der Waals surface area contributed by atoms with Crippen molar-refractivity contribution >= 4 is 0 Å². The lowest BCUT2D eigenvalue weighted by atomic mass is 10.1. The third kappa shape index (κ3) is 1.57. The van der Waals surface area contributed by atoms with E-state index in [9.17, 15) is 0 Å². The minimum Gasteiger partial charge on any atom is -0.326 e. The first-order chi connectivity index (χ1) is 6.40. The number of H-pyrrole nitrogens is 1. The molecule has 0 aliphatic heterocycles. The van der Waals surface area contributed by atoms with Crippen LogP contribution in [0, 0.1) is 0 Å². The Morgan fingerprint density at radius 2 is 2.00 bits per heavy atom. The van der Waals surface area contributed by atoms with Crippen LogP contribution in [0.3, 0.4) is 0 Å². The molecule has 66 valence electrons. The largest absolute Gasteiger partial charge is 0.326 e. The minimum atomic E-state index is 0.566. The van der Waals surface area contributed by atoms with Crippen LogP contribution in [-0.2, 0) is 6.54 Å². The maximum absolute atomic E-state index is 5.48. The quantitative estimate of drug-likeness (QED) is 0.711. The van der Waals surface area contributed by atoms with E-state index in [1.165, 1.54) is 6.33 Å². The smallest absolute Gasteiger partial charge is 0.155 e. The fourth-order valence-corrected chi connectivity index (χ4v) is 1.14. The summed E-state index contributed by atoms with van der Waals surface area (Å²) in [4.78, 5) is 4.04. The van der Waals surface area contributed by atoms with Gasteiger partial charge in [0.1, 0.15) is 6.33 Å². The van der Waals surface area contributed by atoms with Gasteiger partial charge in [-0.25, -0.2) is 4.98 Å². The van der Waals surface area contributed by atoms with Crippen LogP contribution < -0.4 is 5.73 Å². The van der Waals surface area contributed by atoms with Crippen LogP contribution >= 0.6 is 0 Å². The number of rotatable bonds is 2. The van der Waals surface area contributed by atoms with E-state index in [0.29, 0.717) is 6.54 Å². The van der Waals surface area contributed by atoms with Gasteiger partial charge in [-0.2, -0.15) is 5.10 Å². The summed E-state index contributed by atoms with van der Waals surface area (Å²) in [5.74, 6) is 0.781. The summed E-state index contributed by atoms with van der Waals surface area (Å²) >= 11 is 0. The first-order valence-corrected chi connectivity index (χ1v) is 4.05. The molecule has 0 saturated carbocycles. The zero-order valence-electron chi connectivity index (χ0n) is 7.07. The molecule has 0 radical (unpaired) electrons. The molecule has 4 nitrogen and oxygen atoms in total. The molecule has 3 N–H and O–H groups in total. The summed E-state index contributed by atoms with van der Waals surface area (Å²) in [6.07, 6.45) is 1.49. The molecule has 1 aromatic carbocycles. The molecule has 0 aliphatic rings. The van der Waals surface area contributed by atoms with E-state index in [1.54, 1.807) is 0 Å². The molecule has 1 aromatic heterocycles. The highest BCUT2D eigenvalue weighted by atomic mass is 15.2. The van der Waals surface area contributed by atoms with Gasteiger partial charge >= 0.3 is 0 Å². The molecular formula is C9H10N4. The number of aromatic amines is 1. The van der Waals surface area contributed by atoms with Gasteiger partial charge in [0.05, 0.1) is 0 Å². The second kappa shape index (κ2) is 3.37. The molecule has 0 fully saturated rings. The fourth-order valence-electron chi connectivity index (χ4n) is 1.14. The number of hydrogen-bond acceptors (Lipinski definition) is 3. The summed E-state index contributed by atoms with van der Waals surface area (Å²) < 4.78 is 0. The highest BCUT2D eigenvalue weighted by Crippen LogP contribution is 2.13. The molecule has 1 heterocycles. The van der Waals surface area contributed by atoms with Crippen molar-refractivity contribution < 1.29 is 0 Å². The Kier molecular flexibility index (Phi) is 2.06. The van der Waals surface area contributed by atoms with Crippen LogP contribution in [0.15, 0.2) is 30.6 Å². The average Bonchev–Trinajstić information content (AvgIpc) is 2.71. The van der Waals surface area contributed by atoms with Crippen molar-refractivity contribution in [2.24, 2.45) is 5.73 Å². The summed E-state index contributed by atoms with van der Waals surface area (Å²) in [7, 11) is 0. The van der Waals surface area contributed by atoms with Gasteiger partial charge in [-0.1, -0.05) is 24.3 Å². The molecule has 2 aromatic rings. The summed E-state index contributed by atoms with van der Waals surface area (Å²) in [5, 5.41) is 6.58. The Morgan fingerprint density at radius 1 is 1.23 bits per heavy atom. The zero-order valence-corrected chi connectivity index (χ0v) is 7.07. The van der Waals surface area contributed by atoms with Crippen LogP contribution in [-0.4, -0.2) is 15.2 Å². The third-order valence-electron chi connectivity index (χ3n) is 1.88. The number of nitrogens with zero attached hydrogens (tertiary/aromatic N) is 2. The molecule has 0 atom stereocenters.